The Balaban J connectivity index is 2.21. The van der Waals surface area contributed by atoms with Crippen LogP contribution in [-0.2, 0) is 6.54 Å². The summed E-state index contributed by atoms with van der Waals surface area (Å²) in [4.78, 5) is 5.33. The summed E-state index contributed by atoms with van der Waals surface area (Å²) in [6.45, 7) is 4.91. The van der Waals surface area contributed by atoms with Crippen molar-refractivity contribution < 1.29 is 4.39 Å². The van der Waals surface area contributed by atoms with Crippen LogP contribution in [0, 0.1) is 5.82 Å². The largest absolute Gasteiger partial charge is 0.310 e. The second-order valence-corrected chi connectivity index (χ2v) is 5.84. The molecule has 1 aromatic carbocycles. The first kappa shape index (κ1) is 13.5. The minimum Gasteiger partial charge on any atom is -0.310 e. The van der Waals surface area contributed by atoms with E-state index in [2.05, 4.69) is 24.1 Å². The van der Waals surface area contributed by atoms with Gasteiger partial charge < -0.3 is 5.32 Å². The first-order valence-corrected chi connectivity index (χ1v) is 6.89. The lowest BCUT2D eigenvalue weighted by Crippen LogP contribution is -2.21. The van der Waals surface area contributed by atoms with Gasteiger partial charge in [0.2, 0.25) is 0 Å². The second kappa shape index (κ2) is 5.78. The molecule has 18 heavy (non-hydrogen) atoms. The zero-order valence-corrected chi connectivity index (χ0v) is 11.8. The molecule has 2 rings (SSSR count). The first-order valence-electron chi connectivity index (χ1n) is 5.70. The van der Waals surface area contributed by atoms with Gasteiger partial charge in [0.1, 0.15) is 10.8 Å². The van der Waals surface area contributed by atoms with E-state index in [4.69, 9.17) is 11.6 Å². The lowest BCUT2D eigenvalue weighted by Gasteiger charge is -2.04. The van der Waals surface area contributed by atoms with Gasteiger partial charge in [0.25, 0.3) is 0 Å². The molecule has 0 amide bonds. The summed E-state index contributed by atoms with van der Waals surface area (Å²) in [6.07, 6.45) is 1.77. The number of nitrogens with one attached hydrogen (secondary N) is 1. The Labute approximate surface area is 115 Å². The maximum Gasteiger partial charge on any atom is 0.133 e. The molecule has 0 saturated heterocycles. The van der Waals surface area contributed by atoms with E-state index in [0.717, 1.165) is 11.4 Å². The van der Waals surface area contributed by atoms with Crippen molar-refractivity contribution in [3.63, 3.8) is 0 Å². The van der Waals surface area contributed by atoms with Crippen molar-refractivity contribution in [3.05, 3.63) is 40.1 Å². The highest BCUT2D eigenvalue weighted by Gasteiger charge is 2.10. The molecule has 2 aromatic rings. The van der Waals surface area contributed by atoms with Crippen LogP contribution >= 0.6 is 22.9 Å². The van der Waals surface area contributed by atoms with Crippen molar-refractivity contribution >= 4 is 22.9 Å². The molecule has 1 N–H and O–H groups in total. The Bertz CT molecular complexity index is 540. The van der Waals surface area contributed by atoms with Gasteiger partial charge in [0, 0.05) is 34.2 Å². The summed E-state index contributed by atoms with van der Waals surface area (Å²) in [7, 11) is 0. The fourth-order valence-corrected chi connectivity index (χ4v) is 2.53. The average Bonchev–Trinajstić information content (AvgIpc) is 2.78. The quantitative estimate of drug-likeness (QED) is 0.914. The van der Waals surface area contributed by atoms with Gasteiger partial charge in [-0.2, -0.15) is 0 Å². The fourth-order valence-electron chi connectivity index (χ4n) is 1.48. The Morgan fingerprint density at radius 3 is 2.94 bits per heavy atom. The maximum atomic E-state index is 13.7. The molecule has 0 saturated carbocycles. The Hall–Kier alpha value is -0.970. The summed E-state index contributed by atoms with van der Waals surface area (Å²) in [6, 6.07) is 4.92. The van der Waals surface area contributed by atoms with Crippen LogP contribution in [0.5, 0.6) is 0 Å². The predicted molar refractivity (Wildman–Crippen MR) is 74.5 cm³/mol. The molecule has 0 bridgehead atoms. The van der Waals surface area contributed by atoms with Gasteiger partial charge in [-0.1, -0.05) is 25.4 Å². The smallest absolute Gasteiger partial charge is 0.133 e. The number of hydrogen-bond donors (Lipinski definition) is 1. The van der Waals surface area contributed by atoms with Crippen LogP contribution in [0.15, 0.2) is 24.4 Å². The highest BCUT2D eigenvalue weighted by molar-refractivity contribution is 7.15. The van der Waals surface area contributed by atoms with Crippen LogP contribution in [0.1, 0.15) is 18.7 Å². The van der Waals surface area contributed by atoms with Crippen molar-refractivity contribution in [2.45, 2.75) is 26.4 Å². The van der Waals surface area contributed by atoms with Gasteiger partial charge in [0.15, 0.2) is 0 Å². The van der Waals surface area contributed by atoms with Gasteiger partial charge in [-0.05, 0) is 18.2 Å². The standard InChI is InChI=1S/C13H14ClFN2S/c1-8(2)16-6-10-7-17-13(18-10)11-5-9(14)3-4-12(11)15/h3-5,7-8,16H,6H2,1-2H3. The highest BCUT2D eigenvalue weighted by Crippen LogP contribution is 2.29. The van der Waals surface area contributed by atoms with Crippen molar-refractivity contribution in [2.75, 3.05) is 0 Å². The third-order valence-electron chi connectivity index (χ3n) is 2.40. The minimum absolute atomic E-state index is 0.294. The Morgan fingerprint density at radius 1 is 1.44 bits per heavy atom. The second-order valence-electron chi connectivity index (χ2n) is 4.29. The van der Waals surface area contributed by atoms with E-state index in [-0.39, 0.29) is 5.82 Å². The number of hydrogen-bond acceptors (Lipinski definition) is 3. The number of rotatable bonds is 4. The summed E-state index contributed by atoms with van der Waals surface area (Å²) in [5.74, 6) is -0.294. The molecule has 0 radical (unpaired) electrons. The number of halogens is 2. The van der Waals surface area contributed by atoms with E-state index in [9.17, 15) is 4.39 Å². The van der Waals surface area contributed by atoms with E-state index in [1.165, 1.54) is 23.5 Å². The van der Waals surface area contributed by atoms with Crippen molar-refractivity contribution in [3.8, 4) is 10.6 Å². The van der Waals surface area contributed by atoms with Crippen molar-refractivity contribution in [1.82, 2.24) is 10.3 Å². The lowest BCUT2D eigenvalue weighted by atomic mass is 10.2. The predicted octanol–water partition coefficient (Wildman–Crippen LogP) is 4.10. The third kappa shape index (κ3) is 3.28. The van der Waals surface area contributed by atoms with Crippen LogP contribution in [-0.4, -0.2) is 11.0 Å². The minimum atomic E-state index is -0.294. The van der Waals surface area contributed by atoms with Crippen molar-refractivity contribution in [2.24, 2.45) is 0 Å². The van der Waals surface area contributed by atoms with Gasteiger partial charge in [-0.25, -0.2) is 9.37 Å². The van der Waals surface area contributed by atoms with Gasteiger partial charge in [-0.3, -0.25) is 0 Å². The molecule has 2 nitrogen and oxygen atoms in total. The third-order valence-corrected chi connectivity index (χ3v) is 3.66. The summed E-state index contributed by atoms with van der Waals surface area (Å²) in [5, 5.41) is 4.48. The van der Waals surface area contributed by atoms with E-state index in [0.29, 0.717) is 21.6 Å². The Morgan fingerprint density at radius 2 is 2.22 bits per heavy atom. The summed E-state index contributed by atoms with van der Waals surface area (Å²) in [5.41, 5.74) is 0.461. The molecule has 1 aromatic heterocycles. The number of aromatic nitrogens is 1. The van der Waals surface area contributed by atoms with Crippen LogP contribution in [0.25, 0.3) is 10.6 Å². The number of thiazole rings is 1. The highest BCUT2D eigenvalue weighted by atomic mass is 35.5. The van der Waals surface area contributed by atoms with E-state index >= 15 is 0 Å². The molecule has 0 aliphatic rings. The topological polar surface area (TPSA) is 24.9 Å². The number of benzene rings is 1. The van der Waals surface area contributed by atoms with E-state index in [1.807, 2.05) is 0 Å². The normalized spacial score (nSPS) is 11.2. The summed E-state index contributed by atoms with van der Waals surface area (Å²) < 4.78 is 13.7. The van der Waals surface area contributed by atoms with Gasteiger partial charge >= 0.3 is 0 Å². The monoisotopic (exact) mass is 284 g/mol. The first-order chi connectivity index (χ1) is 8.56. The molecule has 0 fully saturated rings. The van der Waals surface area contributed by atoms with E-state index in [1.54, 1.807) is 12.3 Å². The molecule has 0 atom stereocenters. The van der Waals surface area contributed by atoms with Crippen LogP contribution in [0.3, 0.4) is 0 Å². The lowest BCUT2D eigenvalue weighted by molar-refractivity contribution is 0.593. The maximum absolute atomic E-state index is 13.7. The fraction of sp³-hybridized carbons (Fsp3) is 0.308. The van der Waals surface area contributed by atoms with Crippen LogP contribution in [0.4, 0.5) is 4.39 Å². The zero-order valence-electron chi connectivity index (χ0n) is 10.2. The molecular weight excluding hydrogens is 271 g/mol. The zero-order chi connectivity index (χ0) is 13.1. The van der Waals surface area contributed by atoms with Crippen LogP contribution < -0.4 is 5.32 Å². The van der Waals surface area contributed by atoms with E-state index < -0.39 is 0 Å². The molecule has 1 heterocycles. The molecule has 5 heteroatoms. The molecule has 0 unspecified atom stereocenters. The van der Waals surface area contributed by atoms with Gasteiger partial charge in [-0.15, -0.1) is 11.3 Å². The summed E-state index contributed by atoms with van der Waals surface area (Å²) >= 11 is 7.35. The van der Waals surface area contributed by atoms with Gasteiger partial charge in [0.05, 0.1) is 0 Å². The molecule has 0 spiro atoms. The van der Waals surface area contributed by atoms with Crippen molar-refractivity contribution in [1.29, 1.82) is 0 Å². The number of nitrogens with zero attached hydrogens (tertiary/aromatic N) is 1. The SMILES string of the molecule is CC(C)NCc1cnc(-c2cc(Cl)ccc2F)s1. The molecule has 0 aliphatic carbocycles. The average molecular weight is 285 g/mol. The molecule has 96 valence electrons. The molecule has 0 aliphatic heterocycles. The van der Waals surface area contributed by atoms with Crippen LogP contribution in [0.2, 0.25) is 5.02 Å². The Kier molecular flexibility index (Phi) is 4.32. The molecular formula is C13H14ClFN2S.